The van der Waals surface area contributed by atoms with Crippen molar-refractivity contribution in [2.75, 3.05) is 5.73 Å². The molecule has 2 N–H and O–H groups in total. The van der Waals surface area contributed by atoms with Crippen molar-refractivity contribution in [1.29, 1.82) is 0 Å². The van der Waals surface area contributed by atoms with Crippen LogP contribution in [0.1, 0.15) is 11.3 Å². The van der Waals surface area contributed by atoms with Crippen molar-refractivity contribution in [3.8, 4) is 0 Å². The number of rotatable bonds is 2. The monoisotopic (exact) mass is 273 g/mol. The Kier molecular flexibility index (Phi) is 3.26. The topological polar surface area (TPSA) is 43.8 Å². The van der Waals surface area contributed by atoms with Gasteiger partial charge in [-0.05, 0) is 13.0 Å². The van der Waals surface area contributed by atoms with Gasteiger partial charge in [-0.15, -0.1) is 0 Å². The fourth-order valence-corrected chi connectivity index (χ4v) is 1.86. The minimum Gasteiger partial charge on any atom is -0.383 e. The first-order valence-electron chi connectivity index (χ1n) is 4.92. The molecule has 0 aliphatic heterocycles. The Labute approximate surface area is 108 Å². The molecule has 2 aromatic rings. The largest absolute Gasteiger partial charge is 0.383 e. The third-order valence-corrected chi connectivity index (χ3v) is 3.20. The molecule has 1 heterocycles. The lowest BCUT2D eigenvalue weighted by molar-refractivity contribution is 0.587. The Morgan fingerprint density at radius 2 is 2.12 bits per heavy atom. The summed E-state index contributed by atoms with van der Waals surface area (Å²) in [5.41, 5.74) is 6.79. The van der Waals surface area contributed by atoms with Gasteiger partial charge in [0.1, 0.15) is 16.7 Å². The maximum Gasteiger partial charge on any atom is 0.146 e. The third-order valence-electron chi connectivity index (χ3n) is 2.44. The van der Waals surface area contributed by atoms with E-state index in [1.807, 2.05) is 0 Å². The van der Waals surface area contributed by atoms with Gasteiger partial charge in [-0.1, -0.05) is 35.3 Å². The molecular weight excluding hydrogens is 264 g/mol. The van der Waals surface area contributed by atoms with E-state index in [4.69, 9.17) is 28.9 Å². The fraction of sp³-hybridized carbons (Fsp3) is 0.182. The van der Waals surface area contributed by atoms with Crippen LogP contribution in [0.5, 0.6) is 0 Å². The summed E-state index contributed by atoms with van der Waals surface area (Å²) < 4.78 is 15.1. The third kappa shape index (κ3) is 2.23. The van der Waals surface area contributed by atoms with Gasteiger partial charge in [0.05, 0.1) is 17.3 Å². The first-order chi connectivity index (χ1) is 8.00. The van der Waals surface area contributed by atoms with E-state index in [0.717, 1.165) is 0 Å². The maximum atomic E-state index is 13.7. The normalized spacial score (nSPS) is 10.8. The number of halogens is 3. The molecule has 17 heavy (non-hydrogen) atoms. The van der Waals surface area contributed by atoms with Gasteiger partial charge in [0.2, 0.25) is 0 Å². The van der Waals surface area contributed by atoms with Gasteiger partial charge in [-0.2, -0.15) is 5.10 Å². The number of hydrogen-bond acceptors (Lipinski definition) is 2. The van der Waals surface area contributed by atoms with Crippen LogP contribution in [0.25, 0.3) is 0 Å². The summed E-state index contributed by atoms with van der Waals surface area (Å²) in [5, 5.41) is 4.60. The van der Waals surface area contributed by atoms with Crippen LogP contribution in [0, 0.1) is 12.7 Å². The number of aryl methyl sites for hydroxylation is 1. The Bertz CT molecular complexity index is 566. The summed E-state index contributed by atoms with van der Waals surface area (Å²) in [6, 6.07) is 4.80. The zero-order chi connectivity index (χ0) is 12.6. The molecule has 0 saturated carbocycles. The lowest BCUT2D eigenvalue weighted by Crippen LogP contribution is -2.07. The summed E-state index contributed by atoms with van der Waals surface area (Å²) in [6.45, 7) is 1.94. The fourth-order valence-electron chi connectivity index (χ4n) is 1.53. The highest BCUT2D eigenvalue weighted by molar-refractivity contribution is 6.33. The van der Waals surface area contributed by atoms with E-state index in [-0.39, 0.29) is 11.6 Å². The number of anilines is 1. The smallest absolute Gasteiger partial charge is 0.146 e. The summed E-state index contributed by atoms with van der Waals surface area (Å²) in [4.78, 5) is 0. The number of nitrogen functional groups attached to an aromatic ring is 1. The Hall–Kier alpha value is -1.26. The highest BCUT2D eigenvalue weighted by Crippen LogP contribution is 2.24. The van der Waals surface area contributed by atoms with E-state index >= 15 is 0 Å². The zero-order valence-corrected chi connectivity index (χ0v) is 10.6. The molecule has 0 fully saturated rings. The van der Waals surface area contributed by atoms with Crippen LogP contribution in [0.3, 0.4) is 0 Å². The number of nitrogens with zero attached hydrogens (tertiary/aromatic N) is 2. The molecule has 0 bridgehead atoms. The molecular formula is C11H10Cl2FN3. The van der Waals surface area contributed by atoms with Crippen LogP contribution in [-0.2, 0) is 6.54 Å². The van der Waals surface area contributed by atoms with Crippen LogP contribution in [-0.4, -0.2) is 9.78 Å². The molecule has 1 aromatic heterocycles. The Morgan fingerprint density at radius 3 is 2.71 bits per heavy atom. The highest BCUT2D eigenvalue weighted by atomic mass is 35.5. The second-order valence-electron chi connectivity index (χ2n) is 3.66. The predicted molar refractivity (Wildman–Crippen MR) is 66.9 cm³/mol. The molecule has 0 radical (unpaired) electrons. The molecule has 0 unspecified atom stereocenters. The molecule has 90 valence electrons. The highest BCUT2D eigenvalue weighted by Gasteiger charge is 2.13. The molecule has 0 spiro atoms. The van der Waals surface area contributed by atoms with Crippen molar-refractivity contribution >= 4 is 29.0 Å². The number of hydrogen-bond donors (Lipinski definition) is 1. The summed E-state index contributed by atoms with van der Waals surface area (Å²) in [7, 11) is 0. The Balaban J connectivity index is 2.38. The average Bonchev–Trinajstić information content (AvgIpc) is 2.53. The van der Waals surface area contributed by atoms with Crippen LogP contribution in [0.4, 0.5) is 10.2 Å². The van der Waals surface area contributed by atoms with Gasteiger partial charge < -0.3 is 5.73 Å². The second kappa shape index (κ2) is 4.55. The van der Waals surface area contributed by atoms with Crippen molar-refractivity contribution in [3.05, 3.63) is 45.3 Å². The van der Waals surface area contributed by atoms with Gasteiger partial charge in [-0.3, -0.25) is 0 Å². The van der Waals surface area contributed by atoms with Crippen molar-refractivity contribution in [3.63, 3.8) is 0 Å². The quantitative estimate of drug-likeness (QED) is 0.913. The molecule has 6 heteroatoms. The molecule has 1 aromatic carbocycles. The minimum atomic E-state index is -0.460. The predicted octanol–water partition coefficient (Wildman–Crippen LogP) is 3.27. The van der Waals surface area contributed by atoms with Crippen LogP contribution in [0.2, 0.25) is 10.0 Å². The van der Waals surface area contributed by atoms with Gasteiger partial charge in [0, 0.05) is 5.56 Å². The van der Waals surface area contributed by atoms with Gasteiger partial charge >= 0.3 is 0 Å². The first-order valence-corrected chi connectivity index (χ1v) is 5.67. The van der Waals surface area contributed by atoms with E-state index < -0.39 is 5.82 Å². The Morgan fingerprint density at radius 1 is 1.41 bits per heavy atom. The molecule has 0 atom stereocenters. The number of aromatic nitrogens is 2. The van der Waals surface area contributed by atoms with Crippen molar-refractivity contribution in [2.45, 2.75) is 13.5 Å². The average molecular weight is 274 g/mol. The minimum absolute atomic E-state index is 0.0797. The van der Waals surface area contributed by atoms with Crippen LogP contribution < -0.4 is 5.73 Å². The lowest BCUT2D eigenvalue weighted by atomic mass is 10.2. The first kappa shape index (κ1) is 12.2. The van der Waals surface area contributed by atoms with E-state index in [9.17, 15) is 4.39 Å². The number of benzene rings is 1. The molecule has 3 nitrogen and oxygen atoms in total. The zero-order valence-electron chi connectivity index (χ0n) is 9.04. The second-order valence-corrected chi connectivity index (χ2v) is 4.44. The van der Waals surface area contributed by atoms with Gasteiger partial charge in [0.15, 0.2) is 0 Å². The van der Waals surface area contributed by atoms with Crippen molar-refractivity contribution in [2.24, 2.45) is 0 Å². The maximum absolute atomic E-state index is 13.7. The standard InChI is InChI=1S/C11H10Cl2FN3/c1-6-9(13)11(15)17(16-6)5-7-3-2-4-8(12)10(7)14/h2-4H,5,15H2,1H3. The van der Waals surface area contributed by atoms with Gasteiger partial charge in [-0.25, -0.2) is 9.07 Å². The van der Waals surface area contributed by atoms with E-state index in [0.29, 0.717) is 22.1 Å². The van der Waals surface area contributed by atoms with Crippen molar-refractivity contribution in [1.82, 2.24) is 9.78 Å². The van der Waals surface area contributed by atoms with Crippen LogP contribution >= 0.6 is 23.2 Å². The van der Waals surface area contributed by atoms with Crippen molar-refractivity contribution < 1.29 is 4.39 Å². The summed E-state index contributed by atoms with van der Waals surface area (Å²) >= 11 is 11.6. The van der Waals surface area contributed by atoms with Crippen LogP contribution in [0.15, 0.2) is 18.2 Å². The summed E-state index contributed by atoms with van der Waals surface area (Å²) in [6.07, 6.45) is 0. The lowest BCUT2D eigenvalue weighted by Gasteiger charge is -2.06. The molecule has 0 saturated heterocycles. The molecule has 2 rings (SSSR count). The van der Waals surface area contributed by atoms with E-state index in [1.54, 1.807) is 19.1 Å². The summed E-state index contributed by atoms with van der Waals surface area (Å²) in [5.74, 6) is -0.138. The SMILES string of the molecule is Cc1nn(Cc2cccc(Cl)c2F)c(N)c1Cl. The van der Waals surface area contributed by atoms with E-state index in [1.165, 1.54) is 10.7 Å². The molecule has 0 aliphatic carbocycles. The van der Waals surface area contributed by atoms with Gasteiger partial charge in [0.25, 0.3) is 0 Å². The molecule has 0 amide bonds. The van der Waals surface area contributed by atoms with E-state index in [2.05, 4.69) is 5.10 Å². The molecule has 0 aliphatic rings. The number of nitrogens with two attached hydrogens (primary N) is 1.